The molecule has 1 aromatic carbocycles. The molecule has 3 rings (SSSR count). The molecule has 2 N–H and O–H groups in total. The Hall–Kier alpha value is -2.07. The van der Waals surface area contributed by atoms with Crippen LogP contribution in [-0.4, -0.2) is 23.6 Å². The molecule has 1 aromatic heterocycles. The van der Waals surface area contributed by atoms with E-state index in [2.05, 4.69) is 55.2 Å². The van der Waals surface area contributed by atoms with Crippen LogP contribution in [0.15, 0.2) is 36.5 Å². The summed E-state index contributed by atoms with van der Waals surface area (Å²) >= 11 is 0. The second-order valence-corrected chi connectivity index (χ2v) is 6.62. The molecular weight excluding hydrogens is 286 g/mol. The SMILES string of the molecule is Cc1cccc(NC(=O)C[NH+]2CCC[C@@H]2c2cccn2C)c1C. The van der Waals surface area contributed by atoms with Crippen LogP contribution in [-0.2, 0) is 11.8 Å². The van der Waals surface area contributed by atoms with Gasteiger partial charge in [0.05, 0.1) is 12.2 Å². The molecule has 1 fully saturated rings. The number of nitrogens with zero attached hydrogens (tertiary/aromatic N) is 1. The molecule has 0 radical (unpaired) electrons. The fraction of sp³-hybridized carbons (Fsp3) is 0.421. The van der Waals surface area contributed by atoms with Crippen molar-refractivity contribution in [2.45, 2.75) is 32.7 Å². The number of rotatable bonds is 4. The molecule has 2 atom stereocenters. The van der Waals surface area contributed by atoms with E-state index < -0.39 is 0 Å². The van der Waals surface area contributed by atoms with Crippen LogP contribution >= 0.6 is 0 Å². The highest BCUT2D eigenvalue weighted by Crippen LogP contribution is 2.20. The van der Waals surface area contributed by atoms with Gasteiger partial charge in [0.15, 0.2) is 6.54 Å². The van der Waals surface area contributed by atoms with Crippen molar-refractivity contribution in [3.05, 3.63) is 53.3 Å². The fourth-order valence-corrected chi connectivity index (χ4v) is 3.60. The summed E-state index contributed by atoms with van der Waals surface area (Å²) in [4.78, 5) is 13.9. The number of hydrogen-bond acceptors (Lipinski definition) is 1. The maximum absolute atomic E-state index is 12.5. The molecule has 122 valence electrons. The van der Waals surface area contributed by atoms with Gasteiger partial charge in [-0.1, -0.05) is 12.1 Å². The lowest BCUT2D eigenvalue weighted by atomic mass is 10.1. The summed E-state index contributed by atoms with van der Waals surface area (Å²) in [6.45, 7) is 5.72. The Morgan fingerprint density at radius 1 is 1.30 bits per heavy atom. The van der Waals surface area contributed by atoms with E-state index in [1.54, 1.807) is 0 Å². The van der Waals surface area contributed by atoms with E-state index in [0.29, 0.717) is 12.6 Å². The summed E-state index contributed by atoms with van der Waals surface area (Å²) in [5.41, 5.74) is 4.62. The Morgan fingerprint density at radius 3 is 2.87 bits per heavy atom. The number of carbonyl (C=O) groups is 1. The first-order chi connectivity index (χ1) is 11.1. The van der Waals surface area contributed by atoms with E-state index in [4.69, 9.17) is 0 Å². The molecule has 0 saturated carbocycles. The van der Waals surface area contributed by atoms with E-state index in [1.807, 2.05) is 12.1 Å². The predicted octanol–water partition coefficient (Wildman–Crippen LogP) is 2.00. The molecule has 0 spiro atoms. The van der Waals surface area contributed by atoms with Gasteiger partial charge < -0.3 is 14.8 Å². The first-order valence-corrected chi connectivity index (χ1v) is 8.38. The summed E-state index contributed by atoms with van der Waals surface area (Å²) in [5, 5.41) is 3.09. The molecule has 2 heterocycles. The number of amides is 1. The maximum atomic E-state index is 12.5. The van der Waals surface area contributed by atoms with Gasteiger partial charge >= 0.3 is 0 Å². The second-order valence-electron chi connectivity index (χ2n) is 6.62. The Morgan fingerprint density at radius 2 is 2.13 bits per heavy atom. The van der Waals surface area contributed by atoms with Crippen molar-refractivity contribution in [1.82, 2.24) is 4.57 Å². The van der Waals surface area contributed by atoms with E-state index in [-0.39, 0.29) is 5.91 Å². The first-order valence-electron chi connectivity index (χ1n) is 8.38. The number of aromatic nitrogens is 1. The average Bonchev–Trinajstić information content (AvgIpc) is 3.12. The largest absolute Gasteiger partial charge is 0.350 e. The number of quaternary nitrogens is 1. The van der Waals surface area contributed by atoms with Gasteiger partial charge in [-0.15, -0.1) is 0 Å². The molecular formula is C19H26N3O+. The third kappa shape index (κ3) is 3.32. The number of anilines is 1. The Kier molecular flexibility index (Phi) is 4.53. The van der Waals surface area contributed by atoms with Gasteiger partial charge in [-0.25, -0.2) is 0 Å². The van der Waals surface area contributed by atoms with Crippen molar-refractivity contribution in [2.24, 2.45) is 7.05 Å². The lowest BCUT2D eigenvalue weighted by Gasteiger charge is -2.22. The first kappa shape index (κ1) is 15.8. The Bertz CT molecular complexity index is 704. The van der Waals surface area contributed by atoms with Crippen LogP contribution in [0.5, 0.6) is 0 Å². The molecule has 0 aliphatic carbocycles. The van der Waals surface area contributed by atoms with E-state index in [0.717, 1.165) is 24.2 Å². The fourth-order valence-electron chi connectivity index (χ4n) is 3.60. The van der Waals surface area contributed by atoms with Crippen molar-refractivity contribution >= 4 is 11.6 Å². The molecule has 1 aliphatic heterocycles. The summed E-state index contributed by atoms with van der Waals surface area (Å²) in [6, 6.07) is 10.7. The summed E-state index contributed by atoms with van der Waals surface area (Å²) in [7, 11) is 2.08. The molecule has 4 heteroatoms. The minimum Gasteiger partial charge on any atom is -0.350 e. The van der Waals surface area contributed by atoms with Crippen LogP contribution in [0.4, 0.5) is 5.69 Å². The molecule has 4 nitrogen and oxygen atoms in total. The zero-order valence-corrected chi connectivity index (χ0v) is 14.2. The van der Waals surface area contributed by atoms with Crippen molar-refractivity contribution < 1.29 is 9.69 Å². The lowest BCUT2D eigenvalue weighted by molar-refractivity contribution is -0.910. The molecule has 1 aliphatic rings. The summed E-state index contributed by atoms with van der Waals surface area (Å²) in [5.74, 6) is 0.106. The molecule has 1 amide bonds. The zero-order valence-electron chi connectivity index (χ0n) is 14.2. The van der Waals surface area contributed by atoms with Crippen LogP contribution in [0.25, 0.3) is 0 Å². The van der Waals surface area contributed by atoms with Crippen molar-refractivity contribution in [2.75, 3.05) is 18.4 Å². The number of likely N-dealkylation sites (tertiary alicyclic amines) is 1. The third-order valence-corrected chi connectivity index (χ3v) is 5.09. The second kappa shape index (κ2) is 6.59. The number of hydrogen-bond donors (Lipinski definition) is 2. The lowest BCUT2D eigenvalue weighted by Crippen LogP contribution is -3.11. The van der Waals surface area contributed by atoms with Gasteiger partial charge in [0.2, 0.25) is 0 Å². The number of aryl methyl sites for hydroxylation is 2. The number of benzene rings is 1. The molecule has 1 unspecified atom stereocenters. The van der Waals surface area contributed by atoms with Crippen LogP contribution in [0, 0.1) is 13.8 Å². The minimum atomic E-state index is 0.106. The van der Waals surface area contributed by atoms with Crippen LogP contribution < -0.4 is 10.2 Å². The quantitative estimate of drug-likeness (QED) is 0.890. The maximum Gasteiger partial charge on any atom is 0.279 e. The highest BCUT2D eigenvalue weighted by molar-refractivity contribution is 5.92. The van der Waals surface area contributed by atoms with Crippen molar-refractivity contribution in [1.29, 1.82) is 0 Å². The van der Waals surface area contributed by atoms with E-state index >= 15 is 0 Å². The van der Waals surface area contributed by atoms with E-state index in [1.165, 1.54) is 22.6 Å². The van der Waals surface area contributed by atoms with Crippen LogP contribution in [0.3, 0.4) is 0 Å². The highest BCUT2D eigenvalue weighted by atomic mass is 16.2. The highest BCUT2D eigenvalue weighted by Gasteiger charge is 2.32. The van der Waals surface area contributed by atoms with Gasteiger partial charge in [-0.3, -0.25) is 4.79 Å². The van der Waals surface area contributed by atoms with Crippen molar-refractivity contribution in [3.63, 3.8) is 0 Å². The summed E-state index contributed by atoms with van der Waals surface area (Å²) in [6.07, 6.45) is 4.42. The Labute approximate surface area is 138 Å². The molecule has 23 heavy (non-hydrogen) atoms. The van der Waals surface area contributed by atoms with Gasteiger partial charge in [-0.2, -0.15) is 0 Å². The minimum absolute atomic E-state index is 0.106. The molecule has 0 bridgehead atoms. The van der Waals surface area contributed by atoms with Gasteiger partial charge in [0, 0.05) is 31.8 Å². The smallest absolute Gasteiger partial charge is 0.279 e. The Balaban J connectivity index is 1.67. The number of nitrogens with one attached hydrogen (secondary N) is 2. The standard InChI is InChI=1S/C19H25N3O/c1-14-7-4-8-16(15(14)2)20-19(23)13-22-12-6-10-18(22)17-9-5-11-21(17)3/h4-5,7-9,11,18H,6,10,12-13H2,1-3H3,(H,20,23)/p+1/t18-/m1/s1. The van der Waals surface area contributed by atoms with E-state index in [9.17, 15) is 4.79 Å². The monoisotopic (exact) mass is 312 g/mol. The third-order valence-electron chi connectivity index (χ3n) is 5.09. The van der Waals surface area contributed by atoms with Gasteiger partial charge in [0.25, 0.3) is 5.91 Å². The van der Waals surface area contributed by atoms with Gasteiger partial charge in [0.1, 0.15) is 6.04 Å². The van der Waals surface area contributed by atoms with Crippen LogP contribution in [0.2, 0.25) is 0 Å². The predicted molar refractivity (Wildman–Crippen MR) is 92.6 cm³/mol. The topological polar surface area (TPSA) is 38.5 Å². The zero-order chi connectivity index (χ0) is 16.4. The molecule has 1 saturated heterocycles. The number of carbonyl (C=O) groups excluding carboxylic acids is 1. The van der Waals surface area contributed by atoms with Crippen molar-refractivity contribution in [3.8, 4) is 0 Å². The van der Waals surface area contributed by atoms with Crippen LogP contribution in [0.1, 0.15) is 35.7 Å². The summed E-state index contributed by atoms with van der Waals surface area (Å²) < 4.78 is 2.18. The average molecular weight is 312 g/mol. The van der Waals surface area contributed by atoms with Gasteiger partial charge in [-0.05, 0) is 43.2 Å². The normalized spacial score (nSPS) is 20.7. The molecule has 2 aromatic rings.